The van der Waals surface area contributed by atoms with E-state index in [0.717, 1.165) is 4.31 Å². The molecule has 11 heteroatoms. The lowest BCUT2D eigenvalue weighted by Crippen LogP contribution is -2.41. The van der Waals surface area contributed by atoms with Crippen LogP contribution in [0.15, 0.2) is 65.6 Å². The van der Waals surface area contributed by atoms with Gasteiger partial charge in [0.25, 0.3) is 10.0 Å². The number of nitrogens with zero attached hydrogens (tertiary/aromatic N) is 1. The maximum absolute atomic E-state index is 13.8. The number of carbonyl (C=O) groups is 1. The summed E-state index contributed by atoms with van der Waals surface area (Å²) in [6.07, 6.45) is 0. The quantitative estimate of drug-likeness (QED) is 0.408. The van der Waals surface area contributed by atoms with E-state index in [4.69, 9.17) is 25.8 Å². The van der Waals surface area contributed by atoms with Crippen molar-refractivity contribution in [3.05, 3.63) is 77.1 Å². The van der Waals surface area contributed by atoms with Crippen LogP contribution in [0.5, 0.6) is 17.2 Å². The lowest BCUT2D eigenvalue weighted by atomic mass is 10.1. The first-order valence-corrected chi connectivity index (χ1v) is 12.6. The SMILES string of the molecule is COc1ccc(S(=O)(=O)N(CC(=O)NC(C)c2ccc(F)cc2)c2cc(Cl)ccc2OC)cc1OC. The second-order valence-corrected chi connectivity index (χ2v) is 9.98. The van der Waals surface area contributed by atoms with Gasteiger partial charge in [-0.1, -0.05) is 23.7 Å². The summed E-state index contributed by atoms with van der Waals surface area (Å²) in [7, 11) is -0.116. The Morgan fingerprint density at radius 1 is 0.944 bits per heavy atom. The molecular formula is C25H26ClFN2O6S. The number of ether oxygens (including phenoxy) is 3. The zero-order chi connectivity index (χ0) is 26.5. The monoisotopic (exact) mass is 536 g/mol. The van der Waals surface area contributed by atoms with Gasteiger partial charge in [0.15, 0.2) is 11.5 Å². The van der Waals surface area contributed by atoms with E-state index < -0.39 is 34.3 Å². The Labute approximate surface area is 214 Å². The molecule has 0 spiro atoms. The molecule has 0 fully saturated rings. The Bertz CT molecular complexity index is 1330. The van der Waals surface area contributed by atoms with E-state index in [1.165, 1.54) is 63.8 Å². The second kappa shape index (κ2) is 11.5. The number of hydrogen-bond acceptors (Lipinski definition) is 6. The third-order valence-corrected chi connectivity index (χ3v) is 7.38. The van der Waals surface area contributed by atoms with Crippen molar-refractivity contribution >= 4 is 33.2 Å². The lowest BCUT2D eigenvalue weighted by Gasteiger charge is -2.27. The molecule has 1 unspecified atom stereocenters. The Hall–Kier alpha value is -3.50. The molecule has 0 bridgehead atoms. The molecule has 3 rings (SSSR count). The summed E-state index contributed by atoms with van der Waals surface area (Å²) in [6, 6.07) is 13.7. The van der Waals surface area contributed by atoms with Crippen LogP contribution in [-0.4, -0.2) is 42.2 Å². The van der Waals surface area contributed by atoms with E-state index in [2.05, 4.69) is 5.32 Å². The minimum Gasteiger partial charge on any atom is -0.495 e. The van der Waals surface area contributed by atoms with Crippen LogP contribution in [0.1, 0.15) is 18.5 Å². The lowest BCUT2D eigenvalue weighted by molar-refractivity contribution is -0.120. The molecule has 0 saturated heterocycles. The van der Waals surface area contributed by atoms with E-state index >= 15 is 0 Å². The van der Waals surface area contributed by atoms with Crippen molar-refractivity contribution in [2.24, 2.45) is 0 Å². The molecule has 192 valence electrons. The van der Waals surface area contributed by atoms with Crippen LogP contribution in [0.25, 0.3) is 0 Å². The maximum atomic E-state index is 13.8. The van der Waals surface area contributed by atoms with Gasteiger partial charge >= 0.3 is 0 Å². The fourth-order valence-corrected chi connectivity index (χ4v) is 5.12. The number of nitrogens with one attached hydrogen (secondary N) is 1. The predicted octanol–water partition coefficient (Wildman–Crippen LogP) is 4.58. The summed E-state index contributed by atoms with van der Waals surface area (Å²) in [6.45, 7) is 1.12. The highest BCUT2D eigenvalue weighted by Gasteiger charge is 2.31. The number of amides is 1. The van der Waals surface area contributed by atoms with Crippen LogP contribution in [0.2, 0.25) is 5.02 Å². The molecule has 1 amide bonds. The van der Waals surface area contributed by atoms with E-state index in [9.17, 15) is 17.6 Å². The van der Waals surface area contributed by atoms with Gasteiger partial charge in [0, 0.05) is 11.1 Å². The Balaban J connectivity index is 2.02. The van der Waals surface area contributed by atoms with Crippen molar-refractivity contribution in [2.75, 3.05) is 32.2 Å². The molecule has 0 saturated carbocycles. The van der Waals surface area contributed by atoms with Crippen LogP contribution < -0.4 is 23.8 Å². The number of anilines is 1. The number of halogens is 2. The van der Waals surface area contributed by atoms with Gasteiger partial charge in [-0.15, -0.1) is 0 Å². The fourth-order valence-electron chi connectivity index (χ4n) is 3.51. The molecule has 0 aromatic heterocycles. The molecule has 3 aromatic carbocycles. The van der Waals surface area contributed by atoms with Crippen molar-refractivity contribution in [1.29, 1.82) is 0 Å². The average molecular weight is 537 g/mol. The molecule has 0 aliphatic heterocycles. The first-order valence-electron chi connectivity index (χ1n) is 10.7. The van der Waals surface area contributed by atoms with Gasteiger partial charge in [0.1, 0.15) is 18.1 Å². The van der Waals surface area contributed by atoms with E-state index in [0.29, 0.717) is 11.3 Å². The summed E-state index contributed by atoms with van der Waals surface area (Å²) < 4.78 is 57.6. The molecule has 0 aliphatic carbocycles. The van der Waals surface area contributed by atoms with Crippen LogP contribution in [0.3, 0.4) is 0 Å². The van der Waals surface area contributed by atoms with Gasteiger partial charge in [0.05, 0.1) is 38.0 Å². The van der Waals surface area contributed by atoms with Gasteiger partial charge in [-0.05, 0) is 55.0 Å². The molecule has 0 aliphatic rings. The second-order valence-electron chi connectivity index (χ2n) is 7.69. The van der Waals surface area contributed by atoms with Gasteiger partial charge < -0.3 is 19.5 Å². The topological polar surface area (TPSA) is 94.2 Å². The van der Waals surface area contributed by atoms with Crippen molar-refractivity contribution < 1.29 is 31.8 Å². The third-order valence-electron chi connectivity index (χ3n) is 5.39. The molecule has 36 heavy (non-hydrogen) atoms. The molecule has 1 atom stereocenters. The summed E-state index contributed by atoms with van der Waals surface area (Å²) >= 11 is 6.17. The van der Waals surface area contributed by atoms with Gasteiger partial charge in [-0.25, -0.2) is 12.8 Å². The van der Waals surface area contributed by atoms with Gasteiger partial charge in [0.2, 0.25) is 5.91 Å². The largest absolute Gasteiger partial charge is 0.495 e. The Morgan fingerprint density at radius 2 is 1.56 bits per heavy atom. The zero-order valence-corrected chi connectivity index (χ0v) is 21.7. The average Bonchev–Trinajstić information content (AvgIpc) is 2.87. The van der Waals surface area contributed by atoms with Crippen molar-refractivity contribution in [3.63, 3.8) is 0 Å². The fraction of sp³-hybridized carbons (Fsp3) is 0.240. The molecule has 3 aromatic rings. The highest BCUT2D eigenvalue weighted by molar-refractivity contribution is 7.92. The van der Waals surface area contributed by atoms with Crippen molar-refractivity contribution in [1.82, 2.24) is 5.32 Å². The first-order chi connectivity index (χ1) is 17.1. The van der Waals surface area contributed by atoms with Crippen LogP contribution in [0.4, 0.5) is 10.1 Å². The highest BCUT2D eigenvalue weighted by atomic mass is 35.5. The summed E-state index contributed by atoms with van der Waals surface area (Å²) in [5.74, 6) is -0.265. The first kappa shape index (κ1) is 27.1. The molecule has 0 heterocycles. The van der Waals surface area contributed by atoms with Crippen molar-refractivity contribution in [3.8, 4) is 17.2 Å². The minimum atomic E-state index is -4.31. The molecule has 8 nitrogen and oxygen atoms in total. The van der Waals surface area contributed by atoms with Crippen LogP contribution >= 0.6 is 11.6 Å². The molecular weight excluding hydrogens is 511 g/mol. The standard InChI is InChI=1S/C25H26ClFN2O6S/c1-16(17-5-8-19(27)9-6-17)28-25(30)15-29(21-13-18(26)7-11-22(21)33-2)36(31,32)20-10-12-23(34-3)24(14-20)35-4/h5-14,16H,15H2,1-4H3,(H,28,30). The predicted molar refractivity (Wildman–Crippen MR) is 135 cm³/mol. The van der Waals surface area contributed by atoms with Crippen LogP contribution in [-0.2, 0) is 14.8 Å². The van der Waals surface area contributed by atoms with Crippen molar-refractivity contribution in [2.45, 2.75) is 17.9 Å². The highest BCUT2D eigenvalue weighted by Crippen LogP contribution is 2.37. The summed E-state index contributed by atoms with van der Waals surface area (Å²) in [5.41, 5.74) is 0.726. The number of carbonyl (C=O) groups excluding carboxylic acids is 1. The van der Waals surface area contributed by atoms with E-state index in [1.807, 2.05) is 0 Å². The third kappa shape index (κ3) is 6.00. The van der Waals surface area contributed by atoms with Crippen LogP contribution in [0, 0.1) is 5.82 Å². The van der Waals surface area contributed by atoms with E-state index in [-0.39, 0.29) is 27.1 Å². The molecule has 1 N–H and O–H groups in total. The number of methoxy groups -OCH3 is 3. The normalized spacial score (nSPS) is 11.9. The number of hydrogen-bond donors (Lipinski definition) is 1. The van der Waals surface area contributed by atoms with E-state index in [1.54, 1.807) is 25.1 Å². The number of sulfonamides is 1. The summed E-state index contributed by atoms with van der Waals surface area (Å²) in [5, 5.41) is 2.99. The number of rotatable bonds is 10. The minimum absolute atomic E-state index is 0.0735. The van der Waals surface area contributed by atoms with Gasteiger partial charge in [-0.2, -0.15) is 0 Å². The Kier molecular flexibility index (Phi) is 8.65. The maximum Gasteiger partial charge on any atom is 0.265 e. The summed E-state index contributed by atoms with van der Waals surface area (Å²) in [4.78, 5) is 12.9. The zero-order valence-electron chi connectivity index (χ0n) is 20.1. The number of benzene rings is 3. The molecule has 0 radical (unpaired) electrons. The smallest absolute Gasteiger partial charge is 0.265 e. The Morgan fingerprint density at radius 3 is 2.17 bits per heavy atom. The van der Waals surface area contributed by atoms with Gasteiger partial charge in [-0.3, -0.25) is 9.10 Å².